The van der Waals surface area contributed by atoms with Crippen LogP contribution in [0, 0.1) is 5.92 Å². The Kier molecular flexibility index (Phi) is 8.77. The summed E-state index contributed by atoms with van der Waals surface area (Å²) >= 11 is 0. The Labute approximate surface area is 220 Å². The van der Waals surface area contributed by atoms with Crippen LogP contribution in [-0.2, 0) is 29.1 Å². The average Bonchev–Trinajstić information content (AvgIpc) is 3.26. The first-order valence-corrected chi connectivity index (χ1v) is 14.6. The lowest BCUT2D eigenvalue weighted by atomic mass is 9.98. The minimum Gasteiger partial charge on any atom is -0.348 e. The quantitative estimate of drug-likeness (QED) is 0.349. The van der Waals surface area contributed by atoms with Gasteiger partial charge < -0.3 is 15.2 Å². The predicted octanol–water partition coefficient (Wildman–Crippen LogP) is 4.95. The third kappa shape index (κ3) is 6.74. The number of unbranched alkanes of at least 4 members (excludes halogenated alkanes) is 2. The number of carbonyl (C=O) groups is 1. The molecule has 1 aromatic heterocycles. The fourth-order valence-corrected chi connectivity index (χ4v) is 6.12. The van der Waals surface area contributed by atoms with Gasteiger partial charge in [0, 0.05) is 18.7 Å². The number of benzene rings is 2. The summed E-state index contributed by atoms with van der Waals surface area (Å²) < 4.78 is 67.4. The summed E-state index contributed by atoms with van der Waals surface area (Å²) in [5.74, 6) is -1.18. The second-order valence-electron chi connectivity index (χ2n) is 9.79. The highest BCUT2D eigenvalue weighted by Gasteiger charge is 2.38. The number of amides is 1. The number of sulfone groups is 1. The van der Waals surface area contributed by atoms with Crippen LogP contribution in [0.15, 0.2) is 47.4 Å². The van der Waals surface area contributed by atoms with Gasteiger partial charge in [-0.15, -0.1) is 0 Å². The van der Waals surface area contributed by atoms with Crippen molar-refractivity contribution < 1.29 is 26.4 Å². The monoisotopic (exact) mass is 550 g/mol. The molecule has 0 saturated carbocycles. The highest BCUT2D eigenvalue weighted by molar-refractivity contribution is 7.91. The number of nitrogens with one attached hydrogen (secondary N) is 2. The topological polar surface area (TPSA) is 93.1 Å². The number of nitrogens with zero attached hydrogens (tertiary/aromatic N) is 2. The summed E-state index contributed by atoms with van der Waals surface area (Å²) in [6, 6.07) is 10.8. The third-order valence-electron chi connectivity index (χ3n) is 6.92. The van der Waals surface area contributed by atoms with Gasteiger partial charge >= 0.3 is 6.18 Å². The van der Waals surface area contributed by atoms with Crippen LogP contribution in [-0.4, -0.2) is 42.7 Å². The van der Waals surface area contributed by atoms with Gasteiger partial charge in [0.25, 0.3) is 5.91 Å². The van der Waals surface area contributed by atoms with Crippen LogP contribution in [0.25, 0.3) is 11.0 Å². The van der Waals surface area contributed by atoms with Gasteiger partial charge in [0.1, 0.15) is 0 Å². The van der Waals surface area contributed by atoms with Crippen LogP contribution in [0.5, 0.6) is 0 Å². The van der Waals surface area contributed by atoms with E-state index in [0.717, 1.165) is 38.8 Å². The lowest BCUT2D eigenvalue weighted by molar-refractivity contribution is -0.147. The molecule has 2 N–H and O–H groups in total. The van der Waals surface area contributed by atoms with Crippen molar-refractivity contribution in [2.45, 2.75) is 63.2 Å². The zero-order valence-electron chi connectivity index (χ0n) is 21.4. The van der Waals surface area contributed by atoms with Gasteiger partial charge in [0.2, 0.25) is 5.82 Å². The second-order valence-corrected chi connectivity index (χ2v) is 11.9. The number of carbonyl (C=O) groups excluding carboxylic acids is 1. The largest absolute Gasteiger partial charge is 0.449 e. The van der Waals surface area contributed by atoms with E-state index in [1.165, 1.54) is 34.9 Å². The van der Waals surface area contributed by atoms with E-state index in [1.807, 2.05) is 6.92 Å². The highest BCUT2D eigenvalue weighted by atomic mass is 32.2. The van der Waals surface area contributed by atoms with Crippen molar-refractivity contribution in [2.24, 2.45) is 5.92 Å². The number of aromatic nitrogens is 2. The van der Waals surface area contributed by atoms with E-state index in [-0.39, 0.29) is 40.7 Å². The zero-order chi connectivity index (χ0) is 27.3. The lowest BCUT2D eigenvalue weighted by Crippen LogP contribution is -2.30. The van der Waals surface area contributed by atoms with Crippen LogP contribution in [0.2, 0.25) is 0 Å². The molecule has 3 aromatic rings. The molecular formula is C27H33F3N4O3S. The molecule has 0 radical (unpaired) electrons. The van der Waals surface area contributed by atoms with Crippen molar-refractivity contribution in [3.8, 4) is 0 Å². The molecule has 1 amide bonds. The molecule has 0 atom stereocenters. The Morgan fingerprint density at radius 2 is 1.82 bits per heavy atom. The van der Waals surface area contributed by atoms with Gasteiger partial charge in [-0.05, 0) is 74.2 Å². The summed E-state index contributed by atoms with van der Waals surface area (Å²) in [4.78, 5) is 16.9. The van der Waals surface area contributed by atoms with Gasteiger partial charge in [-0.3, -0.25) is 4.79 Å². The number of halogens is 3. The van der Waals surface area contributed by atoms with E-state index in [2.05, 4.69) is 15.6 Å². The molecule has 0 unspecified atom stereocenters. The number of alkyl halides is 3. The van der Waals surface area contributed by atoms with Crippen molar-refractivity contribution in [3.63, 3.8) is 0 Å². The van der Waals surface area contributed by atoms with Gasteiger partial charge in [-0.25, -0.2) is 13.4 Å². The molecule has 1 fully saturated rings. The molecule has 2 aromatic carbocycles. The maximum atomic E-state index is 13.8. The van der Waals surface area contributed by atoms with Crippen molar-refractivity contribution >= 4 is 26.8 Å². The predicted molar refractivity (Wildman–Crippen MR) is 140 cm³/mol. The molecule has 2 heterocycles. The smallest absolute Gasteiger partial charge is 0.348 e. The van der Waals surface area contributed by atoms with E-state index in [0.29, 0.717) is 17.5 Å². The van der Waals surface area contributed by atoms with Crippen molar-refractivity contribution in [1.82, 2.24) is 20.2 Å². The Balaban J connectivity index is 1.46. The van der Waals surface area contributed by atoms with Crippen LogP contribution in [0.4, 0.5) is 13.2 Å². The minimum atomic E-state index is -4.61. The number of rotatable bonds is 10. The molecule has 206 valence electrons. The average molecular weight is 551 g/mol. The first-order chi connectivity index (χ1) is 18.1. The standard InChI is InChI=1S/C27H33F3N4O3S/c1-2-3-4-15-38(36,37)22-8-5-19(6-9-22)17-32-25(35)21-7-10-24-23(16-21)33-26(27(28,29)30)34(24)18-20-11-13-31-14-12-20/h5-10,16,20,31H,2-4,11-15,17-18H2,1H3,(H,32,35). The Morgan fingerprint density at radius 3 is 2.47 bits per heavy atom. The summed E-state index contributed by atoms with van der Waals surface area (Å²) in [5, 5.41) is 5.97. The third-order valence-corrected chi connectivity index (χ3v) is 8.73. The van der Waals surface area contributed by atoms with Crippen molar-refractivity contribution in [3.05, 3.63) is 59.4 Å². The van der Waals surface area contributed by atoms with Gasteiger partial charge in [0.15, 0.2) is 9.84 Å². The van der Waals surface area contributed by atoms with Crippen LogP contribution >= 0.6 is 0 Å². The number of hydrogen-bond acceptors (Lipinski definition) is 5. The van der Waals surface area contributed by atoms with Crippen molar-refractivity contribution in [1.29, 1.82) is 0 Å². The van der Waals surface area contributed by atoms with Crippen LogP contribution in [0.3, 0.4) is 0 Å². The molecule has 1 aliphatic heterocycles. The normalized spacial score (nSPS) is 15.2. The zero-order valence-corrected chi connectivity index (χ0v) is 22.2. The van der Waals surface area contributed by atoms with E-state index < -0.39 is 27.7 Å². The molecule has 0 bridgehead atoms. The fraction of sp³-hybridized carbons (Fsp3) is 0.481. The summed E-state index contributed by atoms with van der Waals surface area (Å²) in [6.45, 7) is 3.94. The van der Waals surface area contributed by atoms with E-state index >= 15 is 0 Å². The summed E-state index contributed by atoms with van der Waals surface area (Å²) in [6.07, 6.45) is -0.617. The van der Waals surface area contributed by atoms with Gasteiger partial charge in [-0.2, -0.15) is 13.2 Å². The molecule has 1 saturated heterocycles. The van der Waals surface area contributed by atoms with Crippen molar-refractivity contribution in [2.75, 3.05) is 18.8 Å². The molecule has 4 rings (SSSR count). The fourth-order valence-electron chi connectivity index (χ4n) is 4.75. The number of piperidine rings is 1. The number of hydrogen-bond donors (Lipinski definition) is 2. The Bertz CT molecular complexity index is 1360. The Hall–Kier alpha value is -2.92. The molecule has 7 nitrogen and oxygen atoms in total. The van der Waals surface area contributed by atoms with E-state index in [9.17, 15) is 26.4 Å². The SMILES string of the molecule is CCCCCS(=O)(=O)c1ccc(CNC(=O)c2ccc3c(c2)nc(C(F)(F)F)n3CC2CCNCC2)cc1. The minimum absolute atomic E-state index is 0.100. The van der Waals surface area contributed by atoms with E-state index in [1.54, 1.807) is 12.1 Å². The number of fused-ring (bicyclic) bond motifs is 1. The number of imidazole rings is 1. The maximum absolute atomic E-state index is 13.8. The second kappa shape index (κ2) is 11.9. The molecule has 0 aliphatic carbocycles. The molecule has 11 heteroatoms. The van der Waals surface area contributed by atoms with Gasteiger partial charge in [-0.1, -0.05) is 31.9 Å². The van der Waals surface area contributed by atoms with Gasteiger partial charge in [0.05, 0.1) is 21.7 Å². The lowest BCUT2D eigenvalue weighted by Gasteiger charge is -2.24. The first-order valence-electron chi connectivity index (χ1n) is 13.0. The first kappa shape index (κ1) is 28.1. The van der Waals surface area contributed by atoms with Crippen LogP contribution < -0.4 is 10.6 Å². The van der Waals surface area contributed by atoms with Crippen LogP contribution in [0.1, 0.15) is 60.8 Å². The summed E-state index contributed by atoms with van der Waals surface area (Å²) in [7, 11) is -3.35. The summed E-state index contributed by atoms with van der Waals surface area (Å²) in [5.41, 5.74) is 1.38. The molecule has 38 heavy (non-hydrogen) atoms. The highest BCUT2D eigenvalue weighted by Crippen LogP contribution is 2.33. The maximum Gasteiger partial charge on any atom is 0.449 e. The van der Waals surface area contributed by atoms with E-state index in [4.69, 9.17) is 0 Å². The Morgan fingerprint density at radius 1 is 1.11 bits per heavy atom. The molecular weight excluding hydrogens is 517 g/mol. The molecule has 0 spiro atoms. The molecule has 1 aliphatic rings.